The molecule has 0 aliphatic heterocycles. The number of rotatable bonds is 6. The average Bonchev–Trinajstić information content (AvgIpc) is 3.22. The molecule has 0 saturated heterocycles. The van der Waals surface area contributed by atoms with E-state index in [0.717, 1.165) is 10.6 Å². The highest BCUT2D eigenvalue weighted by Crippen LogP contribution is 2.30. The molecule has 5 nitrogen and oxygen atoms in total. The zero-order valence-electron chi connectivity index (χ0n) is 13.7. The fraction of sp³-hybridized carbons (Fsp3) is 0.167. The SMILES string of the molecule is CC(=O)c1ccc(OCC(=O)Nc2nc(-c3ccc(C)s3)cs2)cc1. The Hall–Kier alpha value is -2.51. The number of benzene rings is 1. The van der Waals surface area contributed by atoms with Crippen molar-refractivity contribution < 1.29 is 14.3 Å². The highest BCUT2D eigenvalue weighted by molar-refractivity contribution is 7.17. The van der Waals surface area contributed by atoms with Gasteiger partial charge in [-0.05, 0) is 50.2 Å². The number of carbonyl (C=O) groups is 2. The lowest BCUT2D eigenvalue weighted by Crippen LogP contribution is -2.20. The highest BCUT2D eigenvalue weighted by atomic mass is 32.1. The molecule has 1 aromatic carbocycles. The lowest BCUT2D eigenvalue weighted by Gasteiger charge is -2.06. The molecule has 3 aromatic rings. The number of hydrogen-bond acceptors (Lipinski definition) is 6. The second kappa shape index (κ2) is 7.58. The largest absolute Gasteiger partial charge is 0.484 e. The number of hydrogen-bond donors (Lipinski definition) is 1. The quantitative estimate of drug-likeness (QED) is 0.651. The number of nitrogens with zero attached hydrogens (tertiary/aromatic N) is 1. The molecule has 0 aliphatic carbocycles. The van der Waals surface area contributed by atoms with E-state index in [1.807, 2.05) is 24.4 Å². The molecular formula is C18H16N2O3S2. The van der Waals surface area contributed by atoms with Gasteiger partial charge in [-0.3, -0.25) is 14.9 Å². The van der Waals surface area contributed by atoms with Gasteiger partial charge in [0.2, 0.25) is 0 Å². The van der Waals surface area contributed by atoms with E-state index in [0.29, 0.717) is 16.4 Å². The van der Waals surface area contributed by atoms with Gasteiger partial charge in [0.05, 0.1) is 10.6 Å². The first-order chi connectivity index (χ1) is 12.0. The minimum absolute atomic E-state index is 0.00944. The molecule has 25 heavy (non-hydrogen) atoms. The van der Waals surface area contributed by atoms with Crippen molar-refractivity contribution in [3.05, 3.63) is 52.2 Å². The van der Waals surface area contributed by atoms with Gasteiger partial charge in [0.1, 0.15) is 5.75 Å². The first kappa shape index (κ1) is 17.3. The molecule has 0 spiro atoms. The summed E-state index contributed by atoms with van der Waals surface area (Å²) in [5.74, 6) is 0.248. The number of aryl methyl sites for hydroxylation is 1. The zero-order chi connectivity index (χ0) is 17.8. The summed E-state index contributed by atoms with van der Waals surface area (Å²) in [6.07, 6.45) is 0. The number of ketones is 1. The lowest BCUT2D eigenvalue weighted by molar-refractivity contribution is -0.118. The maximum atomic E-state index is 12.0. The summed E-state index contributed by atoms with van der Waals surface area (Å²) < 4.78 is 5.43. The van der Waals surface area contributed by atoms with Gasteiger partial charge in [-0.15, -0.1) is 22.7 Å². The highest BCUT2D eigenvalue weighted by Gasteiger charge is 2.10. The topological polar surface area (TPSA) is 68.3 Å². The van der Waals surface area contributed by atoms with E-state index >= 15 is 0 Å². The van der Waals surface area contributed by atoms with Crippen molar-refractivity contribution in [2.75, 3.05) is 11.9 Å². The van der Waals surface area contributed by atoms with Crippen LogP contribution < -0.4 is 10.1 Å². The van der Waals surface area contributed by atoms with Gasteiger partial charge in [-0.2, -0.15) is 0 Å². The van der Waals surface area contributed by atoms with Crippen LogP contribution in [0.4, 0.5) is 5.13 Å². The number of aromatic nitrogens is 1. The summed E-state index contributed by atoms with van der Waals surface area (Å²) in [5, 5.41) is 5.19. The zero-order valence-corrected chi connectivity index (χ0v) is 15.4. The first-order valence-electron chi connectivity index (χ1n) is 7.57. The maximum absolute atomic E-state index is 12.0. The molecule has 7 heteroatoms. The van der Waals surface area contributed by atoms with Crippen LogP contribution in [0.15, 0.2) is 41.8 Å². The summed E-state index contributed by atoms with van der Waals surface area (Å²) in [6, 6.07) is 10.8. The third kappa shape index (κ3) is 4.52. The Morgan fingerprint density at radius 2 is 1.92 bits per heavy atom. The molecule has 0 saturated carbocycles. The van der Waals surface area contributed by atoms with E-state index in [1.54, 1.807) is 35.6 Å². The van der Waals surface area contributed by atoms with E-state index in [4.69, 9.17) is 4.74 Å². The average molecular weight is 372 g/mol. The Bertz CT molecular complexity index is 897. The third-order valence-electron chi connectivity index (χ3n) is 3.37. The number of amides is 1. The van der Waals surface area contributed by atoms with Gasteiger partial charge in [-0.25, -0.2) is 4.98 Å². The summed E-state index contributed by atoms with van der Waals surface area (Å²) in [5.41, 5.74) is 1.47. The van der Waals surface area contributed by atoms with Crippen molar-refractivity contribution >= 4 is 39.5 Å². The molecule has 128 valence electrons. The van der Waals surface area contributed by atoms with Crippen LogP contribution in [0.3, 0.4) is 0 Å². The normalized spacial score (nSPS) is 10.5. The molecule has 0 unspecified atom stereocenters. The Labute approximate surface area is 153 Å². The lowest BCUT2D eigenvalue weighted by atomic mass is 10.1. The number of thiazole rings is 1. The predicted octanol–water partition coefficient (Wildman–Crippen LogP) is 4.40. The number of carbonyl (C=O) groups excluding carboxylic acids is 2. The Morgan fingerprint density at radius 3 is 2.56 bits per heavy atom. The van der Waals surface area contributed by atoms with Crippen molar-refractivity contribution in [3.8, 4) is 16.3 Å². The van der Waals surface area contributed by atoms with Crippen LogP contribution in [0, 0.1) is 6.92 Å². The minimum Gasteiger partial charge on any atom is -0.484 e. The van der Waals surface area contributed by atoms with E-state index in [2.05, 4.69) is 10.3 Å². The fourth-order valence-corrected chi connectivity index (χ4v) is 3.74. The summed E-state index contributed by atoms with van der Waals surface area (Å²) >= 11 is 3.05. The van der Waals surface area contributed by atoms with Gasteiger partial charge in [-0.1, -0.05) is 0 Å². The van der Waals surface area contributed by atoms with E-state index < -0.39 is 0 Å². The van der Waals surface area contributed by atoms with Crippen molar-refractivity contribution in [3.63, 3.8) is 0 Å². The van der Waals surface area contributed by atoms with Crippen LogP contribution in [0.1, 0.15) is 22.2 Å². The molecule has 0 bridgehead atoms. The summed E-state index contributed by atoms with van der Waals surface area (Å²) in [6.45, 7) is 3.43. The number of thiophene rings is 1. The second-order valence-corrected chi connectivity index (χ2v) is 7.51. The van der Waals surface area contributed by atoms with E-state index in [1.165, 1.54) is 23.1 Å². The maximum Gasteiger partial charge on any atom is 0.264 e. The summed E-state index contributed by atoms with van der Waals surface area (Å²) in [4.78, 5) is 29.9. The second-order valence-electron chi connectivity index (χ2n) is 5.37. The summed E-state index contributed by atoms with van der Waals surface area (Å²) in [7, 11) is 0. The standard InChI is InChI=1S/C18H16N2O3S2/c1-11-3-8-16(25-11)15-10-24-18(19-15)20-17(22)9-23-14-6-4-13(5-7-14)12(2)21/h3-8,10H,9H2,1-2H3,(H,19,20,22). The van der Waals surface area contributed by atoms with Crippen LogP contribution in [-0.4, -0.2) is 23.3 Å². The third-order valence-corrected chi connectivity index (χ3v) is 5.16. The Morgan fingerprint density at radius 1 is 1.16 bits per heavy atom. The minimum atomic E-state index is -0.279. The molecule has 0 fully saturated rings. The smallest absolute Gasteiger partial charge is 0.264 e. The molecule has 2 heterocycles. The van der Waals surface area contributed by atoms with Crippen LogP contribution >= 0.6 is 22.7 Å². The first-order valence-corrected chi connectivity index (χ1v) is 9.27. The molecule has 0 aliphatic rings. The molecular weight excluding hydrogens is 356 g/mol. The van der Waals surface area contributed by atoms with Crippen molar-refractivity contribution in [2.45, 2.75) is 13.8 Å². The fourth-order valence-electron chi connectivity index (χ4n) is 2.11. The molecule has 1 amide bonds. The Kier molecular flexibility index (Phi) is 5.25. The molecule has 0 radical (unpaired) electrons. The van der Waals surface area contributed by atoms with Crippen LogP contribution in [0.5, 0.6) is 5.75 Å². The monoisotopic (exact) mass is 372 g/mol. The number of ether oxygens (including phenoxy) is 1. The Balaban J connectivity index is 1.54. The van der Waals surface area contributed by atoms with Crippen LogP contribution in [0.25, 0.3) is 10.6 Å². The molecule has 0 atom stereocenters. The number of Topliss-reactive ketones (excluding diaryl/α,β-unsaturated/α-hetero) is 1. The van der Waals surface area contributed by atoms with Crippen molar-refractivity contribution in [1.29, 1.82) is 0 Å². The van der Waals surface area contributed by atoms with Crippen LogP contribution in [0.2, 0.25) is 0 Å². The molecule has 1 N–H and O–H groups in total. The van der Waals surface area contributed by atoms with E-state index in [9.17, 15) is 9.59 Å². The predicted molar refractivity (Wildman–Crippen MR) is 101 cm³/mol. The van der Waals surface area contributed by atoms with Crippen molar-refractivity contribution in [1.82, 2.24) is 4.98 Å². The van der Waals surface area contributed by atoms with E-state index in [-0.39, 0.29) is 18.3 Å². The van der Waals surface area contributed by atoms with Crippen molar-refractivity contribution in [2.24, 2.45) is 0 Å². The van der Waals surface area contributed by atoms with Gasteiger partial charge >= 0.3 is 0 Å². The molecule has 3 rings (SSSR count). The van der Waals surface area contributed by atoms with Gasteiger partial charge in [0, 0.05) is 15.8 Å². The van der Waals surface area contributed by atoms with Gasteiger partial charge in [0.25, 0.3) is 5.91 Å². The number of anilines is 1. The van der Waals surface area contributed by atoms with Gasteiger partial charge in [0.15, 0.2) is 17.5 Å². The molecule has 2 aromatic heterocycles. The van der Waals surface area contributed by atoms with Gasteiger partial charge < -0.3 is 4.74 Å². The van der Waals surface area contributed by atoms with Crippen LogP contribution in [-0.2, 0) is 4.79 Å². The number of nitrogens with one attached hydrogen (secondary N) is 1.